The van der Waals surface area contributed by atoms with Crippen LogP contribution >= 0.6 is 0 Å². The fourth-order valence-electron chi connectivity index (χ4n) is 4.67. The van der Waals surface area contributed by atoms with E-state index in [2.05, 4.69) is 69.4 Å². The maximum absolute atomic E-state index is 12.9. The van der Waals surface area contributed by atoms with Gasteiger partial charge in [-0.2, -0.15) is 0 Å². The van der Waals surface area contributed by atoms with E-state index >= 15 is 0 Å². The molecule has 1 N–H and O–H groups in total. The minimum atomic E-state index is -0.174. The summed E-state index contributed by atoms with van der Waals surface area (Å²) in [5.41, 5.74) is 10.1. The minimum absolute atomic E-state index is 0.174. The van der Waals surface area contributed by atoms with Gasteiger partial charge in [-0.3, -0.25) is 4.79 Å². The first-order chi connectivity index (χ1) is 17.2. The van der Waals surface area contributed by atoms with Crippen LogP contribution < -0.4 is 10.1 Å². The van der Waals surface area contributed by atoms with E-state index in [1.807, 2.05) is 39.2 Å². The molecule has 0 spiro atoms. The number of benzene rings is 3. The average molecular weight is 482 g/mol. The molecule has 0 aliphatic heterocycles. The normalized spacial score (nSPS) is 11.8. The highest BCUT2D eigenvalue weighted by atomic mass is 16.5. The molecule has 4 aromatic rings. The van der Waals surface area contributed by atoms with Gasteiger partial charge in [-0.25, -0.2) is 0 Å². The van der Waals surface area contributed by atoms with E-state index in [4.69, 9.17) is 9.15 Å². The van der Waals surface area contributed by atoms with Gasteiger partial charge in [0.2, 0.25) is 5.91 Å². The quantitative estimate of drug-likeness (QED) is 0.269. The summed E-state index contributed by atoms with van der Waals surface area (Å²) in [6.45, 7) is 15.0. The highest BCUT2D eigenvalue weighted by molar-refractivity contribution is 6.06. The summed E-state index contributed by atoms with van der Waals surface area (Å²) in [6, 6.07) is 16.5. The lowest BCUT2D eigenvalue weighted by atomic mass is 9.94. The number of carbonyl (C=O) groups excluding carboxylic acids is 1. The van der Waals surface area contributed by atoms with Gasteiger partial charge in [0.05, 0.1) is 12.9 Å². The number of anilines is 1. The third-order valence-corrected chi connectivity index (χ3v) is 6.62. The van der Waals surface area contributed by atoms with Gasteiger partial charge in [-0.05, 0) is 81.0 Å². The van der Waals surface area contributed by atoms with Crippen molar-refractivity contribution >= 4 is 28.1 Å². The summed E-state index contributed by atoms with van der Waals surface area (Å²) in [5.74, 6) is 1.02. The standard InChI is InChI=1S/C32H35NO3/c1-8-35-31-23(7)32-28(29(18-36-32)26-14-9-20(4)15-21(26)5)17-27(31)22(6)16-30(34)33-25-12-10-24(11-13-25)19(2)3/h9-19H,8H2,1-7H3,(H,33,34)/b22-16+. The second-order valence-electron chi connectivity index (χ2n) is 9.75. The SMILES string of the molecule is CCOc1c(/C(C)=C/C(=O)Nc2ccc(C(C)C)cc2)cc2c(-c3ccc(C)cc3C)coc2c1C. The summed E-state index contributed by atoms with van der Waals surface area (Å²) < 4.78 is 12.1. The van der Waals surface area contributed by atoms with Crippen molar-refractivity contribution in [1.29, 1.82) is 0 Å². The van der Waals surface area contributed by atoms with Crippen molar-refractivity contribution in [3.63, 3.8) is 0 Å². The topological polar surface area (TPSA) is 51.5 Å². The first kappa shape index (κ1) is 25.3. The Balaban J connectivity index is 1.74. The highest BCUT2D eigenvalue weighted by Crippen LogP contribution is 2.41. The van der Waals surface area contributed by atoms with Gasteiger partial charge in [0.25, 0.3) is 0 Å². The number of ether oxygens (including phenoxy) is 1. The molecule has 1 heterocycles. The Morgan fingerprint density at radius 3 is 2.39 bits per heavy atom. The first-order valence-corrected chi connectivity index (χ1v) is 12.5. The lowest BCUT2D eigenvalue weighted by Crippen LogP contribution is -2.09. The van der Waals surface area contributed by atoms with Crippen LogP contribution in [-0.4, -0.2) is 12.5 Å². The molecule has 0 bridgehead atoms. The van der Waals surface area contributed by atoms with E-state index in [9.17, 15) is 4.79 Å². The summed E-state index contributed by atoms with van der Waals surface area (Å²) >= 11 is 0. The second kappa shape index (κ2) is 10.4. The molecule has 0 unspecified atom stereocenters. The fourth-order valence-corrected chi connectivity index (χ4v) is 4.67. The van der Waals surface area contributed by atoms with Crippen LogP contribution in [0.1, 0.15) is 61.4 Å². The molecule has 0 saturated heterocycles. The zero-order valence-electron chi connectivity index (χ0n) is 22.3. The molecule has 0 saturated carbocycles. The molecule has 4 nitrogen and oxygen atoms in total. The van der Waals surface area contributed by atoms with Crippen molar-refractivity contribution in [2.24, 2.45) is 0 Å². The molecule has 0 fully saturated rings. The third-order valence-electron chi connectivity index (χ3n) is 6.62. The maximum Gasteiger partial charge on any atom is 0.248 e. The molecule has 1 aromatic heterocycles. The van der Waals surface area contributed by atoms with Crippen molar-refractivity contribution in [1.82, 2.24) is 0 Å². The molecule has 4 rings (SSSR count). The maximum atomic E-state index is 12.9. The van der Waals surface area contributed by atoms with Crippen molar-refractivity contribution in [2.75, 3.05) is 11.9 Å². The van der Waals surface area contributed by atoms with E-state index in [0.29, 0.717) is 12.5 Å². The first-order valence-electron chi connectivity index (χ1n) is 12.5. The number of hydrogen-bond acceptors (Lipinski definition) is 3. The van der Waals surface area contributed by atoms with Gasteiger partial charge in [0.15, 0.2) is 0 Å². The molecule has 0 aliphatic carbocycles. The minimum Gasteiger partial charge on any atom is -0.493 e. The van der Waals surface area contributed by atoms with Crippen molar-refractivity contribution < 1.29 is 13.9 Å². The van der Waals surface area contributed by atoms with E-state index in [0.717, 1.165) is 50.2 Å². The van der Waals surface area contributed by atoms with E-state index < -0.39 is 0 Å². The molecule has 186 valence electrons. The molecule has 0 radical (unpaired) electrons. The van der Waals surface area contributed by atoms with Crippen LogP contribution in [0.15, 0.2) is 65.3 Å². The summed E-state index contributed by atoms with van der Waals surface area (Å²) in [7, 11) is 0. The number of carbonyl (C=O) groups is 1. The number of aryl methyl sites for hydroxylation is 3. The Kier molecular flexibility index (Phi) is 7.35. The highest BCUT2D eigenvalue weighted by Gasteiger charge is 2.20. The Morgan fingerprint density at radius 2 is 1.75 bits per heavy atom. The summed E-state index contributed by atoms with van der Waals surface area (Å²) in [6.07, 6.45) is 3.46. The number of nitrogens with one attached hydrogen (secondary N) is 1. The number of rotatable bonds is 7. The van der Waals surface area contributed by atoms with Gasteiger partial charge in [-0.1, -0.05) is 49.7 Å². The summed E-state index contributed by atoms with van der Waals surface area (Å²) in [4.78, 5) is 12.9. The lowest BCUT2D eigenvalue weighted by molar-refractivity contribution is -0.111. The third kappa shape index (κ3) is 5.08. The molecule has 36 heavy (non-hydrogen) atoms. The molecular formula is C32H35NO3. The second-order valence-corrected chi connectivity index (χ2v) is 9.75. The van der Waals surface area contributed by atoms with Crippen LogP contribution in [-0.2, 0) is 4.79 Å². The van der Waals surface area contributed by atoms with Crippen LogP contribution in [0.4, 0.5) is 5.69 Å². The van der Waals surface area contributed by atoms with Gasteiger partial charge < -0.3 is 14.5 Å². The largest absolute Gasteiger partial charge is 0.493 e. The van der Waals surface area contributed by atoms with E-state index in [-0.39, 0.29) is 5.91 Å². The number of allylic oxidation sites excluding steroid dienone is 1. The molecule has 0 atom stereocenters. The van der Waals surface area contributed by atoms with Crippen LogP contribution in [0.2, 0.25) is 0 Å². The van der Waals surface area contributed by atoms with E-state index in [1.165, 1.54) is 16.7 Å². The smallest absolute Gasteiger partial charge is 0.248 e. The number of fused-ring (bicyclic) bond motifs is 1. The van der Waals surface area contributed by atoms with Crippen molar-refractivity contribution in [2.45, 2.75) is 54.4 Å². The summed E-state index contributed by atoms with van der Waals surface area (Å²) in [5, 5.41) is 3.99. The average Bonchev–Trinajstić information content (AvgIpc) is 3.25. The Morgan fingerprint density at radius 1 is 1.03 bits per heavy atom. The number of amides is 1. The predicted molar refractivity (Wildman–Crippen MR) is 150 cm³/mol. The lowest BCUT2D eigenvalue weighted by Gasteiger charge is -2.15. The molecule has 1 amide bonds. The molecular weight excluding hydrogens is 446 g/mol. The van der Waals surface area contributed by atoms with Crippen molar-refractivity contribution in [3.05, 3.63) is 88.7 Å². The van der Waals surface area contributed by atoms with Crippen molar-refractivity contribution in [3.8, 4) is 16.9 Å². The van der Waals surface area contributed by atoms with Crippen LogP contribution in [0.5, 0.6) is 5.75 Å². The predicted octanol–water partition coefficient (Wildman–Crippen LogP) is 8.59. The molecule has 3 aromatic carbocycles. The Hall–Kier alpha value is -3.79. The zero-order valence-corrected chi connectivity index (χ0v) is 22.3. The monoisotopic (exact) mass is 481 g/mol. The Labute approximate surface area is 214 Å². The van der Waals surface area contributed by atoms with E-state index in [1.54, 1.807) is 6.08 Å². The Bertz CT molecular complexity index is 1440. The van der Waals surface area contributed by atoms with Crippen LogP contribution in [0, 0.1) is 20.8 Å². The fraction of sp³-hybridized carbons (Fsp3) is 0.281. The van der Waals surface area contributed by atoms with Crippen LogP contribution in [0.25, 0.3) is 27.7 Å². The van der Waals surface area contributed by atoms with Gasteiger partial charge in [-0.15, -0.1) is 0 Å². The van der Waals surface area contributed by atoms with Gasteiger partial charge in [0, 0.05) is 33.8 Å². The molecule has 4 heteroatoms. The van der Waals surface area contributed by atoms with Crippen LogP contribution in [0.3, 0.4) is 0 Å². The zero-order chi connectivity index (χ0) is 26.0. The van der Waals surface area contributed by atoms with Gasteiger partial charge >= 0.3 is 0 Å². The molecule has 0 aliphatic rings. The van der Waals surface area contributed by atoms with Gasteiger partial charge in [0.1, 0.15) is 11.3 Å². The number of hydrogen-bond donors (Lipinski definition) is 1. The number of furan rings is 1.